The van der Waals surface area contributed by atoms with Crippen molar-refractivity contribution in [3.8, 4) is 0 Å². The first-order chi connectivity index (χ1) is 10.8. The molecule has 2 bridgehead atoms. The van der Waals surface area contributed by atoms with E-state index >= 15 is 0 Å². The predicted molar refractivity (Wildman–Crippen MR) is 93.0 cm³/mol. The maximum absolute atomic E-state index is 12.4. The topological polar surface area (TPSA) is 46.5 Å². The minimum absolute atomic E-state index is 0.0714. The lowest BCUT2D eigenvalue weighted by molar-refractivity contribution is -0.181. The number of hydrogen-bond acceptors (Lipinski definition) is 3. The quantitative estimate of drug-likeness (QED) is 0.573. The summed E-state index contributed by atoms with van der Waals surface area (Å²) >= 11 is 0. The van der Waals surface area contributed by atoms with Gasteiger partial charge in [-0.3, -0.25) is 0 Å². The van der Waals surface area contributed by atoms with Crippen LogP contribution in [-0.4, -0.2) is 22.8 Å². The van der Waals surface area contributed by atoms with E-state index in [1.165, 1.54) is 5.57 Å². The molecule has 1 saturated heterocycles. The Balaban J connectivity index is 2.36. The summed E-state index contributed by atoms with van der Waals surface area (Å²) in [6, 6.07) is 0. The lowest BCUT2D eigenvalue weighted by Gasteiger charge is -2.43. The third-order valence-electron chi connectivity index (χ3n) is 5.21. The maximum atomic E-state index is 12.4. The van der Waals surface area contributed by atoms with Crippen LogP contribution in [0.2, 0.25) is 0 Å². The van der Waals surface area contributed by atoms with Gasteiger partial charge in [-0.2, -0.15) is 0 Å². The Kier molecular flexibility index (Phi) is 5.85. The van der Waals surface area contributed by atoms with E-state index in [2.05, 4.69) is 13.0 Å². The number of fused-ring (bicyclic) bond motifs is 9. The molecule has 0 spiro atoms. The highest BCUT2D eigenvalue weighted by molar-refractivity contribution is 5.89. The number of aliphatic hydroxyl groups is 1. The first-order valence-electron chi connectivity index (χ1n) is 8.78. The van der Waals surface area contributed by atoms with Crippen molar-refractivity contribution < 1.29 is 14.6 Å². The van der Waals surface area contributed by atoms with E-state index in [0.29, 0.717) is 12.8 Å². The zero-order chi connectivity index (χ0) is 17.0. The molecule has 0 aromatic heterocycles. The molecular weight excluding hydrogens is 288 g/mol. The average molecular weight is 318 g/mol. The molecule has 2 aliphatic heterocycles. The van der Waals surface area contributed by atoms with Gasteiger partial charge in [0.05, 0.1) is 0 Å². The van der Waals surface area contributed by atoms with Crippen molar-refractivity contribution in [3.63, 3.8) is 0 Å². The van der Waals surface area contributed by atoms with E-state index in [-0.39, 0.29) is 11.9 Å². The van der Waals surface area contributed by atoms with E-state index in [0.717, 1.165) is 36.8 Å². The Bertz CT molecular complexity index is 539. The monoisotopic (exact) mass is 318 g/mol. The van der Waals surface area contributed by atoms with Crippen LogP contribution in [0.3, 0.4) is 0 Å². The van der Waals surface area contributed by atoms with Gasteiger partial charge in [-0.1, -0.05) is 43.2 Å². The third kappa shape index (κ3) is 4.14. The lowest BCUT2D eigenvalue weighted by Crippen LogP contribution is -2.52. The summed E-state index contributed by atoms with van der Waals surface area (Å²) in [6.07, 6.45) is 10.6. The molecule has 23 heavy (non-hydrogen) atoms. The van der Waals surface area contributed by atoms with E-state index < -0.39 is 11.7 Å². The first kappa shape index (κ1) is 18.0. The van der Waals surface area contributed by atoms with Crippen molar-refractivity contribution in [2.75, 3.05) is 0 Å². The van der Waals surface area contributed by atoms with Gasteiger partial charge in [0.2, 0.25) is 0 Å². The molecule has 2 atom stereocenters. The molecule has 0 aromatic carbocycles. The summed E-state index contributed by atoms with van der Waals surface area (Å²) < 4.78 is 5.81. The molecule has 0 radical (unpaired) electrons. The molecule has 128 valence electrons. The zero-order valence-electron chi connectivity index (χ0n) is 14.9. The van der Waals surface area contributed by atoms with Gasteiger partial charge in [0.25, 0.3) is 0 Å². The second kappa shape index (κ2) is 7.48. The summed E-state index contributed by atoms with van der Waals surface area (Å²) in [5.74, 6) is -0.184. The predicted octanol–water partition coefficient (Wildman–Crippen LogP) is 4.47. The van der Waals surface area contributed by atoms with Crippen molar-refractivity contribution in [1.82, 2.24) is 0 Å². The normalized spacial score (nSPS) is 37.0. The molecule has 0 amide bonds. The van der Waals surface area contributed by atoms with Crippen LogP contribution >= 0.6 is 0 Å². The smallest absolute Gasteiger partial charge is 0.334 e. The largest absolute Gasteiger partial charge is 0.452 e. The van der Waals surface area contributed by atoms with Crippen LogP contribution in [-0.2, 0) is 9.53 Å². The SMILES string of the molecule is C/C1=C/CC/C(C)=C\[C@@H](O)[C@@]2(C(C)C)CC/C(=C/CC1)C(=O)O2. The standard InChI is InChI=1S/C20H30O3/c1-14(2)20-12-11-17(19(22)23-20)10-6-8-15(3)7-5-9-16(4)13-18(20)21/h7,10,13-14,18,21H,5-6,8-9,11-12H2,1-4H3/b15-7-,16-13-,17-10-/t18-,20+/m1/s1. The van der Waals surface area contributed by atoms with Crippen molar-refractivity contribution in [3.05, 3.63) is 34.9 Å². The summed E-state index contributed by atoms with van der Waals surface area (Å²) in [7, 11) is 0. The second-order valence-electron chi connectivity index (χ2n) is 7.31. The van der Waals surface area contributed by atoms with Crippen LogP contribution in [0.25, 0.3) is 0 Å². The molecule has 0 aromatic rings. The van der Waals surface area contributed by atoms with Gasteiger partial charge < -0.3 is 9.84 Å². The van der Waals surface area contributed by atoms with E-state index in [4.69, 9.17) is 4.74 Å². The fourth-order valence-electron chi connectivity index (χ4n) is 3.48. The molecule has 2 heterocycles. The van der Waals surface area contributed by atoms with Gasteiger partial charge in [0.15, 0.2) is 0 Å². The minimum Gasteiger partial charge on any atom is -0.452 e. The highest BCUT2D eigenvalue weighted by Gasteiger charge is 2.47. The van der Waals surface area contributed by atoms with E-state index in [1.807, 2.05) is 32.9 Å². The van der Waals surface area contributed by atoms with Crippen LogP contribution in [0.1, 0.15) is 66.2 Å². The molecule has 1 aliphatic carbocycles. The Morgan fingerprint density at radius 3 is 2.43 bits per heavy atom. The summed E-state index contributed by atoms with van der Waals surface area (Å²) in [5, 5.41) is 10.8. The zero-order valence-corrected chi connectivity index (χ0v) is 14.9. The van der Waals surface area contributed by atoms with Crippen molar-refractivity contribution in [2.45, 2.75) is 77.9 Å². The van der Waals surface area contributed by atoms with E-state index in [1.54, 1.807) is 0 Å². The summed E-state index contributed by atoms with van der Waals surface area (Å²) in [6.45, 7) is 8.22. The molecule has 3 nitrogen and oxygen atoms in total. The molecular formula is C20H30O3. The molecule has 0 unspecified atom stereocenters. The molecule has 1 N–H and O–H groups in total. The third-order valence-corrected chi connectivity index (χ3v) is 5.21. The summed E-state index contributed by atoms with van der Waals surface area (Å²) in [4.78, 5) is 12.4. The van der Waals surface area contributed by atoms with Crippen molar-refractivity contribution in [2.24, 2.45) is 5.92 Å². The van der Waals surface area contributed by atoms with Crippen LogP contribution in [0.4, 0.5) is 0 Å². The Morgan fingerprint density at radius 1 is 1.13 bits per heavy atom. The number of aliphatic hydroxyl groups excluding tert-OH is 1. The number of rotatable bonds is 1. The van der Waals surface area contributed by atoms with Gasteiger partial charge in [-0.05, 0) is 58.3 Å². The average Bonchev–Trinajstić information content (AvgIpc) is 2.47. The molecule has 1 fully saturated rings. The Morgan fingerprint density at radius 2 is 1.78 bits per heavy atom. The number of allylic oxidation sites excluding steroid dienone is 4. The molecule has 0 saturated carbocycles. The maximum Gasteiger partial charge on any atom is 0.334 e. The highest BCUT2D eigenvalue weighted by atomic mass is 16.6. The number of hydrogen-bond donors (Lipinski definition) is 1. The first-order valence-corrected chi connectivity index (χ1v) is 8.78. The highest BCUT2D eigenvalue weighted by Crippen LogP contribution is 2.39. The number of carbonyl (C=O) groups excluding carboxylic acids is 1. The van der Waals surface area contributed by atoms with Crippen LogP contribution < -0.4 is 0 Å². The van der Waals surface area contributed by atoms with Crippen molar-refractivity contribution >= 4 is 5.97 Å². The van der Waals surface area contributed by atoms with Crippen molar-refractivity contribution in [1.29, 1.82) is 0 Å². The van der Waals surface area contributed by atoms with Crippen LogP contribution in [0.15, 0.2) is 34.9 Å². The minimum atomic E-state index is -0.800. The lowest BCUT2D eigenvalue weighted by atomic mass is 9.77. The number of carbonyl (C=O) groups is 1. The Hall–Kier alpha value is -1.35. The van der Waals surface area contributed by atoms with Gasteiger partial charge >= 0.3 is 5.97 Å². The molecule has 3 heteroatoms. The van der Waals surface area contributed by atoms with Gasteiger partial charge in [-0.25, -0.2) is 4.79 Å². The molecule has 3 rings (SSSR count). The molecule has 3 aliphatic rings. The number of ether oxygens (including phenoxy) is 1. The van der Waals surface area contributed by atoms with Gasteiger partial charge in [-0.15, -0.1) is 0 Å². The fourth-order valence-corrected chi connectivity index (χ4v) is 3.48. The van der Waals surface area contributed by atoms with E-state index in [9.17, 15) is 9.90 Å². The fraction of sp³-hybridized carbons (Fsp3) is 0.650. The van der Waals surface area contributed by atoms with Crippen LogP contribution in [0.5, 0.6) is 0 Å². The second-order valence-corrected chi connectivity index (χ2v) is 7.31. The van der Waals surface area contributed by atoms with Crippen LogP contribution in [0, 0.1) is 5.92 Å². The van der Waals surface area contributed by atoms with Gasteiger partial charge in [0.1, 0.15) is 11.7 Å². The number of esters is 1. The summed E-state index contributed by atoms with van der Waals surface area (Å²) in [5.41, 5.74) is 2.47. The van der Waals surface area contributed by atoms with Gasteiger partial charge in [0, 0.05) is 5.57 Å². The Labute approximate surface area is 140 Å².